The standard InChI is InChI=1S/C14H12F3N5O3/c15-14(16,17)25-8-3-7(4-8)20-13(24)11-1-2-19-12-9(5-18)10(6-23)21-22(11)12/h1-2,7-8,23H,3-4,6H2,(H,20,24). The normalized spacial score (nSPS) is 20.1. The highest BCUT2D eigenvalue weighted by molar-refractivity contribution is 5.93. The lowest BCUT2D eigenvalue weighted by molar-refractivity contribution is -0.351. The van der Waals surface area contributed by atoms with E-state index < -0.39 is 31.0 Å². The van der Waals surface area contributed by atoms with Gasteiger partial charge in [-0.05, 0) is 18.9 Å². The van der Waals surface area contributed by atoms with E-state index in [0.29, 0.717) is 0 Å². The fourth-order valence-electron chi connectivity index (χ4n) is 2.61. The number of nitrogens with zero attached hydrogens (tertiary/aromatic N) is 4. The lowest BCUT2D eigenvalue weighted by Crippen LogP contribution is -2.49. The predicted molar refractivity (Wildman–Crippen MR) is 75.0 cm³/mol. The van der Waals surface area contributed by atoms with Crippen molar-refractivity contribution in [3.05, 3.63) is 29.2 Å². The van der Waals surface area contributed by atoms with Crippen LogP contribution in [0, 0.1) is 11.3 Å². The van der Waals surface area contributed by atoms with E-state index in [1.54, 1.807) is 0 Å². The van der Waals surface area contributed by atoms with Crippen molar-refractivity contribution in [2.75, 3.05) is 0 Å². The summed E-state index contributed by atoms with van der Waals surface area (Å²) in [6, 6.07) is 2.77. The summed E-state index contributed by atoms with van der Waals surface area (Å²) < 4.78 is 41.3. The molecule has 0 bridgehead atoms. The summed E-state index contributed by atoms with van der Waals surface area (Å²) in [5.74, 6) is -0.570. The Bertz CT molecular complexity index is 852. The Labute approximate surface area is 138 Å². The predicted octanol–water partition coefficient (Wildman–Crippen LogP) is 0.890. The molecular formula is C14H12F3N5O3. The van der Waals surface area contributed by atoms with Gasteiger partial charge in [-0.25, -0.2) is 9.50 Å². The van der Waals surface area contributed by atoms with Gasteiger partial charge < -0.3 is 10.4 Å². The summed E-state index contributed by atoms with van der Waals surface area (Å²) in [6.45, 7) is -0.494. The number of rotatable bonds is 4. The molecular weight excluding hydrogens is 343 g/mol. The van der Waals surface area contributed by atoms with Crippen molar-refractivity contribution >= 4 is 11.6 Å². The smallest absolute Gasteiger partial charge is 0.390 e. The zero-order chi connectivity index (χ0) is 18.2. The third-order valence-corrected chi connectivity index (χ3v) is 3.82. The minimum absolute atomic E-state index is 0.0456. The third kappa shape index (κ3) is 3.40. The maximum Gasteiger partial charge on any atom is 0.522 e. The van der Waals surface area contributed by atoms with Crippen LogP contribution in [0.2, 0.25) is 0 Å². The molecule has 1 aliphatic rings. The van der Waals surface area contributed by atoms with Gasteiger partial charge in [-0.3, -0.25) is 9.53 Å². The first kappa shape index (κ1) is 17.1. The largest absolute Gasteiger partial charge is 0.522 e. The van der Waals surface area contributed by atoms with Gasteiger partial charge in [0.25, 0.3) is 5.91 Å². The zero-order valence-electron chi connectivity index (χ0n) is 12.6. The van der Waals surface area contributed by atoms with Gasteiger partial charge in [-0.2, -0.15) is 10.4 Å². The number of halogens is 3. The monoisotopic (exact) mass is 355 g/mol. The number of hydrogen-bond acceptors (Lipinski definition) is 6. The van der Waals surface area contributed by atoms with E-state index in [2.05, 4.69) is 20.1 Å². The molecule has 2 aromatic rings. The summed E-state index contributed by atoms with van der Waals surface area (Å²) >= 11 is 0. The molecule has 132 valence electrons. The topological polar surface area (TPSA) is 113 Å². The average molecular weight is 355 g/mol. The Hall–Kier alpha value is -2.71. The highest BCUT2D eigenvalue weighted by Gasteiger charge is 2.40. The number of nitriles is 1. The van der Waals surface area contributed by atoms with Crippen LogP contribution < -0.4 is 5.32 Å². The number of alkyl halides is 3. The summed E-state index contributed by atoms with van der Waals surface area (Å²) in [5, 5.41) is 24.9. The number of aliphatic hydroxyl groups is 1. The quantitative estimate of drug-likeness (QED) is 0.842. The van der Waals surface area contributed by atoms with Gasteiger partial charge in [-0.1, -0.05) is 0 Å². The van der Waals surface area contributed by atoms with Gasteiger partial charge in [0.05, 0.1) is 12.7 Å². The maximum atomic E-state index is 12.3. The fraction of sp³-hybridized carbons (Fsp3) is 0.429. The van der Waals surface area contributed by atoms with Crippen LogP contribution in [0.15, 0.2) is 12.3 Å². The van der Waals surface area contributed by atoms with E-state index in [-0.39, 0.29) is 35.4 Å². The zero-order valence-corrected chi connectivity index (χ0v) is 12.6. The molecule has 11 heteroatoms. The van der Waals surface area contributed by atoms with Gasteiger partial charge in [0, 0.05) is 12.2 Å². The van der Waals surface area contributed by atoms with Crippen molar-refractivity contribution in [1.82, 2.24) is 19.9 Å². The summed E-state index contributed by atoms with van der Waals surface area (Å²) in [6.07, 6.45) is -4.27. The molecule has 0 spiro atoms. The Morgan fingerprint density at radius 3 is 2.84 bits per heavy atom. The van der Waals surface area contributed by atoms with Crippen molar-refractivity contribution in [3.63, 3.8) is 0 Å². The Balaban J connectivity index is 1.74. The highest BCUT2D eigenvalue weighted by atomic mass is 19.4. The van der Waals surface area contributed by atoms with Crippen LogP contribution in [0.3, 0.4) is 0 Å². The summed E-state index contributed by atoms with van der Waals surface area (Å²) in [7, 11) is 0. The van der Waals surface area contributed by atoms with Crippen molar-refractivity contribution in [3.8, 4) is 6.07 Å². The Morgan fingerprint density at radius 1 is 1.52 bits per heavy atom. The first-order valence-electron chi connectivity index (χ1n) is 7.25. The molecule has 0 saturated heterocycles. The van der Waals surface area contributed by atoms with Crippen LogP contribution in [0.4, 0.5) is 13.2 Å². The Morgan fingerprint density at radius 2 is 2.24 bits per heavy atom. The fourth-order valence-corrected chi connectivity index (χ4v) is 2.61. The number of aromatic nitrogens is 3. The first-order valence-corrected chi connectivity index (χ1v) is 7.25. The van der Waals surface area contributed by atoms with Crippen LogP contribution in [-0.4, -0.2) is 44.1 Å². The number of hydrogen-bond donors (Lipinski definition) is 2. The molecule has 8 nitrogen and oxygen atoms in total. The van der Waals surface area contributed by atoms with Gasteiger partial charge in [0.2, 0.25) is 0 Å². The number of carbonyl (C=O) groups is 1. The van der Waals surface area contributed by atoms with Crippen molar-refractivity contribution in [2.45, 2.75) is 38.0 Å². The molecule has 1 fully saturated rings. The van der Waals surface area contributed by atoms with E-state index in [0.717, 1.165) is 4.52 Å². The molecule has 0 radical (unpaired) electrons. The molecule has 1 saturated carbocycles. The van der Waals surface area contributed by atoms with Gasteiger partial charge >= 0.3 is 6.36 Å². The second-order valence-electron chi connectivity index (χ2n) is 5.48. The van der Waals surface area contributed by atoms with Crippen LogP contribution in [0.1, 0.15) is 34.6 Å². The molecule has 1 amide bonds. The number of ether oxygens (including phenoxy) is 1. The van der Waals surface area contributed by atoms with Gasteiger partial charge in [0.15, 0.2) is 5.65 Å². The van der Waals surface area contributed by atoms with Crippen LogP contribution >= 0.6 is 0 Å². The second-order valence-corrected chi connectivity index (χ2v) is 5.48. The molecule has 0 aliphatic heterocycles. The lowest BCUT2D eigenvalue weighted by atomic mass is 9.89. The summed E-state index contributed by atoms with van der Waals surface area (Å²) in [4.78, 5) is 16.3. The van der Waals surface area contributed by atoms with Crippen LogP contribution in [-0.2, 0) is 11.3 Å². The molecule has 2 N–H and O–H groups in total. The number of aliphatic hydroxyl groups excluding tert-OH is 1. The summed E-state index contributed by atoms with van der Waals surface area (Å²) in [5.41, 5.74) is 0.310. The molecule has 0 aromatic carbocycles. The average Bonchev–Trinajstić information content (AvgIpc) is 2.88. The van der Waals surface area contributed by atoms with E-state index in [9.17, 15) is 23.1 Å². The minimum atomic E-state index is -4.69. The molecule has 1 aliphatic carbocycles. The van der Waals surface area contributed by atoms with Crippen molar-refractivity contribution in [1.29, 1.82) is 5.26 Å². The molecule has 0 unspecified atom stereocenters. The van der Waals surface area contributed by atoms with Gasteiger partial charge in [-0.15, -0.1) is 13.2 Å². The molecule has 2 heterocycles. The van der Waals surface area contributed by atoms with Crippen LogP contribution in [0.5, 0.6) is 0 Å². The second kappa shape index (κ2) is 6.30. The van der Waals surface area contributed by atoms with E-state index in [1.165, 1.54) is 12.3 Å². The number of amides is 1. The van der Waals surface area contributed by atoms with Crippen molar-refractivity contribution < 1.29 is 27.8 Å². The van der Waals surface area contributed by atoms with E-state index >= 15 is 0 Å². The van der Waals surface area contributed by atoms with Gasteiger partial charge in [0.1, 0.15) is 23.0 Å². The number of fused-ring (bicyclic) bond motifs is 1. The van der Waals surface area contributed by atoms with Crippen LogP contribution in [0.25, 0.3) is 5.65 Å². The number of carbonyl (C=O) groups excluding carboxylic acids is 1. The maximum absolute atomic E-state index is 12.3. The lowest BCUT2D eigenvalue weighted by Gasteiger charge is -2.35. The minimum Gasteiger partial charge on any atom is -0.390 e. The molecule has 25 heavy (non-hydrogen) atoms. The third-order valence-electron chi connectivity index (χ3n) is 3.82. The number of nitrogens with one attached hydrogen (secondary N) is 1. The van der Waals surface area contributed by atoms with E-state index in [1.807, 2.05) is 6.07 Å². The molecule has 2 aromatic heterocycles. The van der Waals surface area contributed by atoms with E-state index in [4.69, 9.17) is 5.26 Å². The van der Waals surface area contributed by atoms with Crippen molar-refractivity contribution in [2.24, 2.45) is 0 Å². The SMILES string of the molecule is N#Cc1c(CO)nn2c(C(=O)NC3CC(OC(F)(F)F)C3)ccnc12. The Kier molecular flexibility index (Phi) is 4.32. The molecule has 3 rings (SSSR count). The highest BCUT2D eigenvalue weighted by Crippen LogP contribution is 2.30. The molecule has 0 atom stereocenters. The first-order chi connectivity index (χ1) is 11.8.